The van der Waals surface area contributed by atoms with Gasteiger partial charge in [0.2, 0.25) is 0 Å². The molecule has 3 aromatic carbocycles. The number of amides is 2. The number of para-hydroxylation sites is 1. The molecule has 7 heteroatoms. The van der Waals surface area contributed by atoms with Crippen LogP contribution in [0.2, 0.25) is 0 Å². The van der Waals surface area contributed by atoms with E-state index in [0.717, 1.165) is 16.9 Å². The molecule has 0 spiro atoms. The lowest BCUT2D eigenvalue weighted by atomic mass is 10.1. The van der Waals surface area contributed by atoms with Crippen LogP contribution in [0.5, 0.6) is 0 Å². The van der Waals surface area contributed by atoms with Crippen LogP contribution < -0.4 is 10.2 Å². The van der Waals surface area contributed by atoms with Crippen LogP contribution in [0.4, 0.5) is 17.1 Å². The van der Waals surface area contributed by atoms with E-state index in [2.05, 4.69) is 11.9 Å². The highest BCUT2D eigenvalue weighted by Gasteiger charge is 2.31. The number of hydrogen-bond acceptors (Lipinski definition) is 5. The van der Waals surface area contributed by atoms with Gasteiger partial charge in [-0.2, -0.15) is 0 Å². The third kappa shape index (κ3) is 5.46. The first-order valence-corrected chi connectivity index (χ1v) is 11.8. The van der Waals surface area contributed by atoms with Gasteiger partial charge in [-0.15, -0.1) is 0 Å². The zero-order valence-electron chi connectivity index (χ0n) is 20.4. The second-order valence-electron chi connectivity index (χ2n) is 8.76. The first-order chi connectivity index (χ1) is 17.3. The molecular weight excluding hydrogens is 454 g/mol. The number of rotatable bonds is 9. The number of carbonyl (C=O) groups excluding carboxylic acids is 3. The van der Waals surface area contributed by atoms with Crippen molar-refractivity contribution in [2.75, 3.05) is 23.4 Å². The maximum Gasteiger partial charge on any atom is 0.308 e. The number of hydrogen-bond donors (Lipinski definition) is 1. The molecule has 184 valence electrons. The summed E-state index contributed by atoms with van der Waals surface area (Å²) in [6, 6.07) is 24.4. The molecule has 4 rings (SSSR count). The largest absolute Gasteiger partial charge is 0.455 e. The maximum absolute atomic E-state index is 12.9. The molecule has 7 nitrogen and oxygen atoms in total. The third-order valence-corrected chi connectivity index (χ3v) is 5.93. The van der Waals surface area contributed by atoms with Crippen molar-refractivity contribution < 1.29 is 19.1 Å². The molecule has 1 N–H and O–H groups in total. The van der Waals surface area contributed by atoms with Crippen molar-refractivity contribution in [3.63, 3.8) is 0 Å². The van der Waals surface area contributed by atoms with Crippen LogP contribution in [0, 0.1) is 0 Å². The number of nitrogens with one attached hydrogen (secondary N) is 1. The third-order valence-electron chi connectivity index (χ3n) is 5.93. The van der Waals surface area contributed by atoms with E-state index in [-0.39, 0.29) is 37.4 Å². The van der Waals surface area contributed by atoms with Gasteiger partial charge in [-0.05, 0) is 56.3 Å². The van der Waals surface area contributed by atoms with Gasteiger partial charge in [0.05, 0.1) is 6.42 Å². The smallest absolute Gasteiger partial charge is 0.308 e. The van der Waals surface area contributed by atoms with E-state index in [1.165, 1.54) is 4.90 Å². The van der Waals surface area contributed by atoms with E-state index >= 15 is 0 Å². The highest BCUT2D eigenvalue weighted by atomic mass is 16.5. The minimum atomic E-state index is -0.550. The van der Waals surface area contributed by atoms with Crippen LogP contribution in [-0.4, -0.2) is 41.9 Å². The van der Waals surface area contributed by atoms with Crippen molar-refractivity contribution in [1.29, 1.82) is 0 Å². The molecule has 0 saturated heterocycles. The average molecular weight is 484 g/mol. The Kier molecular flexibility index (Phi) is 7.49. The van der Waals surface area contributed by atoms with Crippen molar-refractivity contribution in [3.05, 3.63) is 96.6 Å². The number of anilines is 3. The maximum atomic E-state index is 12.9. The quantitative estimate of drug-likeness (QED) is 0.422. The van der Waals surface area contributed by atoms with Gasteiger partial charge in [-0.25, -0.2) is 0 Å². The number of fused-ring (bicyclic) bond motifs is 1. The standard InChI is InChI=1S/C29H29N3O4/c1-20(2)32(24-15-13-23(14-16-24)30-22-9-5-4-6-10-22)27(33)19-36-28(34)17-18-31-21(3)25-11-7-8-12-26(25)29(31)35/h4-16,20,30H,3,17-19H2,1-2H3. The number of nitrogens with zero attached hydrogens (tertiary/aromatic N) is 2. The predicted molar refractivity (Wildman–Crippen MR) is 141 cm³/mol. The molecule has 36 heavy (non-hydrogen) atoms. The number of esters is 1. The van der Waals surface area contributed by atoms with E-state index in [0.29, 0.717) is 16.9 Å². The fourth-order valence-corrected chi connectivity index (χ4v) is 4.18. The van der Waals surface area contributed by atoms with Gasteiger partial charge < -0.3 is 19.9 Å². The van der Waals surface area contributed by atoms with Gasteiger partial charge in [0.15, 0.2) is 6.61 Å². The van der Waals surface area contributed by atoms with Crippen LogP contribution in [0.3, 0.4) is 0 Å². The molecule has 3 aromatic rings. The Hall–Kier alpha value is -4.39. The van der Waals surface area contributed by atoms with Gasteiger partial charge in [0.25, 0.3) is 11.8 Å². The van der Waals surface area contributed by atoms with E-state index in [1.807, 2.05) is 80.6 Å². The van der Waals surface area contributed by atoms with E-state index < -0.39 is 5.97 Å². The second kappa shape index (κ2) is 10.9. The summed E-state index contributed by atoms with van der Waals surface area (Å²) in [5.41, 5.74) is 4.48. The SMILES string of the molecule is C=C1c2ccccc2C(=O)N1CCC(=O)OCC(=O)N(c1ccc(Nc2ccccc2)cc1)C(C)C. The van der Waals surface area contributed by atoms with Crippen LogP contribution in [0.1, 0.15) is 36.2 Å². The average Bonchev–Trinajstić information content (AvgIpc) is 3.12. The number of carbonyl (C=O) groups is 3. The van der Waals surface area contributed by atoms with Gasteiger partial charge in [-0.3, -0.25) is 14.4 Å². The summed E-state index contributed by atoms with van der Waals surface area (Å²) < 4.78 is 5.26. The highest BCUT2D eigenvalue weighted by Crippen LogP contribution is 2.31. The zero-order chi connectivity index (χ0) is 25.7. The minimum absolute atomic E-state index is 0.0342. The molecule has 0 saturated carbocycles. The fraction of sp³-hybridized carbons (Fsp3) is 0.207. The lowest BCUT2D eigenvalue weighted by Crippen LogP contribution is -2.40. The summed E-state index contributed by atoms with van der Waals surface area (Å²) >= 11 is 0. The van der Waals surface area contributed by atoms with Crippen molar-refractivity contribution in [3.8, 4) is 0 Å². The summed E-state index contributed by atoms with van der Waals surface area (Å²) in [5.74, 6) is -1.06. The molecule has 0 fully saturated rings. The molecule has 1 heterocycles. The predicted octanol–water partition coefficient (Wildman–Crippen LogP) is 5.23. The van der Waals surface area contributed by atoms with Gasteiger partial charge >= 0.3 is 5.97 Å². The summed E-state index contributed by atoms with van der Waals surface area (Å²) in [7, 11) is 0. The Morgan fingerprint density at radius 2 is 1.53 bits per heavy atom. The van der Waals surface area contributed by atoms with Crippen molar-refractivity contribution in [2.24, 2.45) is 0 Å². The Labute approximate surface area is 211 Å². The lowest BCUT2D eigenvalue weighted by Gasteiger charge is -2.27. The second-order valence-corrected chi connectivity index (χ2v) is 8.76. The number of ether oxygens (including phenoxy) is 1. The van der Waals surface area contributed by atoms with Crippen LogP contribution in [-0.2, 0) is 14.3 Å². The van der Waals surface area contributed by atoms with Crippen LogP contribution in [0.25, 0.3) is 5.70 Å². The normalized spacial score (nSPS) is 12.5. The molecular formula is C29H29N3O4. The van der Waals surface area contributed by atoms with E-state index in [4.69, 9.17) is 4.74 Å². The van der Waals surface area contributed by atoms with E-state index in [1.54, 1.807) is 17.0 Å². The van der Waals surface area contributed by atoms with Crippen molar-refractivity contribution >= 4 is 40.5 Å². The molecule has 0 aromatic heterocycles. The lowest BCUT2D eigenvalue weighted by molar-refractivity contribution is -0.148. The molecule has 0 unspecified atom stereocenters. The van der Waals surface area contributed by atoms with Crippen LogP contribution in [0.15, 0.2) is 85.4 Å². The Bertz CT molecular complexity index is 1230. The van der Waals surface area contributed by atoms with Gasteiger partial charge in [0, 0.05) is 46.5 Å². The highest BCUT2D eigenvalue weighted by molar-refractivity contribution is 6.08. The fourth-order valence-electron chi connectivity index (χ4n) is 4.18. The molecule has 0 aliphatic carbocycles. The number of benzene rings is 3. The molecule has 0 bridgehead atoms. The first kappa shape index (κ1) is 24.7. The van der Waals surface area contributed by atoms with Crippen molar-refractivity contribution in [1.82, 2.24) is 4.90 Å². The molecule has 1 aliphatic rings. The summed E-state index contributed by atoms with van der Waals surface area (Å²) in [5, 5.41) is 3.31. The van der Waals surface area contributed by atoms with Crippen LogP contribution >= 0.6 is 0 Å². The summed E-state index contributed by atoms with van der Waals surface area (Å²) in [6.07, 6.45) is -0.0342. The topological polar surface area (TPSA) is 79.0 Å². The van der Waals surface area contributed by atoms with Gasteiger partial charge in [0.1, 0.15) is 0 Å². The Morgan fingerprint density at radius 3 is 2.17 bits per heavy atom. The molecule has 2 amide bonds. The Balaban J connectivity index is 1.30. The first-order valence-electron chi connectivity index (χ1n) is 11.8. The van der Waals surface area contributed by atoms with Gasteiger partial charge in [-0.1, -0.05) is 43.0 Å². The van der Waals surface area contributed by atoms with Crippen molar-refractivity contribution in [2.45, 2.75) is 26.3 Å². The molecule has 0 radical (unpaired) electrons. The molecule has 1 aliphatic heterocycles. The molecule has 0 atom stereocenters. The minimum Gasteiger partial charge on any atom is -0.455 e. The summed E-state index contributed by atoms with van der Waals surface area (Å²) in [4.78, 5) is 41.0. The Morgan fingerprint density at radius 1 is 0.917 bits per heavy atom. The zero-order valence-corrected chi connectivity index (χ0v) is 20.4. The van der Waals surface area contributed by atoms with E-state index in [9.17, 15) is 14.4 Å². The summed E-state index contributed by atoms with van der Waals surface area (Å²) in [6.45, 7) is 7.54. The monoisotopic (exact) mass is 483 g/mol.